The van der Waals surface area contributed by atoms with E-state index in [4.69, 9.17) is 10.8 Å². The number of rotatable bonds is 7. The van der Waals surface area contributed by atoms with Crippen molar-refractivity contribution in [3.63, 3.8) is 0 Å². The predicted octanol–water partition coefficient (Wildman–Crippen LogP) is 1.06. The molecule has 0 aromatic carbocycles. The average Bonchev–Trinajstić information content (AvgIpc) is 2.21. The van der Waals surface area contributed by atoms with Crippen molar-refractivity contribution in [1.82, 2.24) is 4.90 Å². The highest BCUT2D eigenvalue weighted by atomic mass is 16.3. The third-order valence-corrected chi connectivity index (χ3v) is 3.40. The minimum Gasteiger partial charge on any atom is -0.396 e. The summed E-state index contributed by atoms with van der Waals surface area (Å²) in [5.74, 6) is 0.323. The lowest BCUT2D eigenvalue weighted by molar-refractivity contribution is 0.0838. The van der Waals surface area contributed by atoms with E-state index < -0.39 is 0 Å². The maximum Gasteiger partial charge on any atom is 0.0468 e. The Morgan fingerprint density at radius 3 is 2.14 bits per heavy atom. The summed E-state index contributed by atoms with van der Waals surface area (Å²) in [5.41, 5.74) is 5.96. The molecule has 0 fully saturated rings. The fourth-order valence-electron chi connectivity index (χ4n) is 1.95. The molecule has 0 saturated heterocycles. The van der Waals surface area contributed by atoms with Crippen LogP contribution in [0.1, 0.15) is 33.6 Å². The number of likely N-dealkylation sites (N-methyl/N-ethyl adjacent to an activating group) is 1. The van der Waals surface area contributed by atoms with Gasteiger partial charge in [-0.25, -0.2) is 0 Å². The number of nitrogens with zero attached hydrogens (tertiary/aromatic N) is 1. The second-order valence-electron chi connectivity index (χ2n) is 4.30. The minimum atomic E-state index is 0.115. The standard InChI is InChI=1S/C11H26N2O/c1-5-11(6-2,9-12)13(4)7-10(3)8-14/h10,14H,5-9,12H2,1-4H3. The van der Waals surface area contributed by atoms with Gasteiger partial charge in [0.1, 0.15) is 0 Å². The van der Waals surface area contributed by atoms with Crippen LogP contribution in [0, 0.1) is 5.92 Å². The van der Waals surface area contributed by atoms with Crippen LogP contribution in [0.4, 0.5) is 0 Å². The lowest BCUT2D eigenvalue weighted by Crippen LogP contribution is -2.52. The molecule has 0 aliphatic rings. The number of hydrogen-bond donors (Lipinski definition) is 2. The summed E-state index contributed by atoms with van der Waals surface area (Å²) in [6.45, 7) is 8.26. The molecule has 0 rings (SSSR count). The monoisotopic (exact) mass is 202 g/mol. The first-order valence-corrected chi connectivity index (χ1v) is 5.58. The summed E-state index contributed by atoms with van der Waals surface area (Å²) in [6, 6.07) is 0. The number of aliphatic hydroxyl groups is 1. The Balaban J connectivity index is 4.35. The fourth-order valence-corrected chi connectivity index (χ4v) is 1.95. The van der Waals surface area contributed by atoms with E-state index in [2.05, 4.69) is 32.7 Å². The largest absolute Gasteiger partial charge is 0.396 e. The highest BCUT2D eigenvalue weighted by Gasteiger charge is 2.29. The Bertz CT molecular complexity index is 138. The molecule has 86 valence electrons. The zero-order valence-corrected chi connectivity index (χ0v) is 10.1. The summed E-state index contributed by atoms with van der Waals surface area (Å²) >= 11 is 0. The fraction of sp³-hybridized carbons (Fsp3) is 1.00. The lowest BCUT2D eigenvalue weighted by atomic mass is 9.90. The smallest absolute Gasteiger partial charge is 0.0468 e. The molecule has 0 aliphatic heterocycles. The molecule has 0 radical (unpaired) electrons. The zero-order chi connectivity index (χ0) is 11.2. The summed E-state index contributed by atoms with van der Waals surface area (Å²) in [4.78, 5) is 2.30. The van der Waals surface area contributed by atoms with Crippen LogP contribution in [0.25, 0.3) is 0 Å². The lowest BCUT2D eigenvalue weighted by Gasteiger charge is -2.41. The van der Waals surface area contributed by atoms with E-state index in [1.54, 1.807) is 0 Å². The number of aliphatic hydroxyl groups excluding tert-OH is 1. The van der Waals surface area contributed by atoms with Crippen LogP contribution in [0.5, 0.6) is 0 Å². The second kappa shape index (κ2) is 6.38. The summed E-state index contributed by atoms with van der Waals surface area (Å²) < 4.78 is 0. The molecule has 1 unspecified atom stereocenters. The Morgan fingerprint density at radius 2 is 1.86 bits per heavy atom. The van der Waals surface area contributed by atoms with Gasteiger partial charge in [0.2, 0.25) is 0 Å². The summed E-state index contributed by atoms with van der Waals surface area (Å²) in [7, 11) is 2.10. The van der Waals surface area contributed by atoms with Gasteiger partial charge < -0.3 is 10.8 Å². The Kier molecular flexibility index (Phi) is 6.33. The van der Waals surface area contributed by atoms with Crippen LogP contribution in [0.15, 0.2) is 0 Å². The molecule has 0 amide bonds. The van der Waals surface area contributed by atoms with Gasteiger partial charge in [0.05, 0.1) is 0 Å². The van der Waals surface area contributed by atoms with E-state index in [1.807, 2.05) is 0 Å². The van der Waals surface area contributed by atoms with Gasteiger partial charge in [0.15, 0.2) is 0 Å². The molecule has 3 heteroatoms. The third-order valence-electron chi connectivity index (χ3n) is 3.40. The van der Waals surface area contributed by atoms with E-state index in [-0.39, 0.29) is 12.1 Å². The van der Waals surface area contributed by atoms with Crippen molar-refractivity contribution >= 4 is 0 Å². The Morgan fingerprint density at radius 1 is 1.36 bits per heavy atom. The van der Waals surface area contributed by atoms with E-state index in [0.29, 0.717) is 12.5 Å². The molecule has 0 aliphatic carbocycles. The van der Waals surface area contributed by atoms with E-state index >= 15 is 0 Å². The van der Waals surface area contributed by atoms with Crippen LogP contribution in [0.2, 0.25) is 0 Å². The van der Waals surface area contributed by atoms with E-state index in [1.165, 1.54) is 0 Å². The van der Waals surface area contributed by atoms with Gasteiger partial charge >= 0.3 is 0 Å². The Labute approximate surface area is 88.3 Å². The van der Waals surface area contributed by atoms with Crippen molar-refractivity contribution in [2.45, 2.75) is 39.2 Å². The van der Waals surface area contributed by atoms with Gasteiger partial charge in [0, 0.05) is 25.2 Å². The molecule has 3 N–H and O–H groups in total. The van der Waals surface area contributed by atoms with E-state index in [0.717, 1.165) is 19.4 Å². The van der Waals surface area contributed by atoms with Crippen LogP contribution in [0.3, 0.4) is 0 Å². The highest BCUT2D eigenvalue weighted by molar-refractivity contribution is 4.88. The first-order valence-electron chi connectivity index (χ1n) is 5.58. The molecule has 1 atom stereocenters. The van der Waals surface area contributed by atoms with Crippen LogP contribution < -0.4 is 5.73 Å². The highest BCUT2D eigenvalue weighted by Crippen LogP contribution is 2.22. The van der Waals surface area contributed by atoms with Crippen molar-refractivity contribution in [2.75, 3.05) is 26.7 Å². The molecular weight excluding hydrogens is 176 g/mol. The molecule has 0 spiro atoms. The third kappa shape index (κ3) is 3.23. The zero-order valence-electron chi connectivity index (χ0n) is 10.1. The average molecular weight is 202 g/mol. The summed E-state index contributed by atoms with van der Waals surface area (Å²) in [6.07, 6.45) is 2.13. The molecule has 0 saturated carbocycles. The molecular formula is C11H26N2O. The maximum atomic E-state index is 9.01. The number of hydrogen-bond acceptors (Lipinski definition) is 3. The molecule has 0 aromatic rings. The van der Waals surface area contributed by atoms with Crippen LogP contribution in [-0.4, -0.2) is 42.3 Å². The van der Waals surface area contributed by atoms with E-state index in [9.17, 15) is 0 Å². The normalized spacial score (nSPS) is 14.8. The van der Waals surface area contributed by atoms with Crippen molar-refractivity contribution < 1.29 is 5.11 Å². The Hall–Kier alpha value is -0.120. The SMILES string of the molecule is CCC(CC)(CN)N(C)CC(C)CO. The van der Waals surface area contributed by atoms with Gasteiger partial charge in [-0.3, -0.25) is 4.90 Å². The van der Waals surface area contributed by atoms with Gasteiger partial charge in [0.25, 0.3) is 0 Å². The maximum absolute atomic E-state index is 9.01. The van der Waals surface area contributed by atoms with Gasteiger partial charge in [-0.1, -0.05) is 20.8 Å². The van der Waals surface area contributed by atoms with Gasteiger partial charge in [-0.15, -0.1) is 0 Å². The molecule has 0 bridgehead atoms. The first-order chi connectivity index (χ1) is 6.56. The van der Waals surface area contributed by atoms with Crippen molar-refractivity contribution in [2.24, 2.45) is 11.7 Å². The minimum absolute atomic E-state index is 0.115. The first kappa shape index (κ1) is 13.9. The van der Waals surface area contributed by atoms with Crippen molar-refractivity contribution in [3.05, 3.63) is 0 Å². The molecule has 0 heterocycles. The topological polar surface area (TPSA) is 49.5 Å². The molecule has 3 nitrogen and oxygen atoms in total. The number of nitrogens with two attached hydrogens (primary N) is 1. The summed E-state index contributed by atoms with van der Waals surface area (Å²) in [5, 5.41) is 9.01. The molecule has 14 heavy (non-hydrogen) atoms. The van der Waals surface area contributed by atoms with Crippen LogP contribution in [-0.2, 0) is 0 Å². The predicted molar refractivity (Wildman–Crippen MR) is 61.2 cm³/mol. The van der Waals surface area contributed by atoms with Gasteiger partial charge in [-0.2, -0.15) is 0 Å². The van der Waals surface area contributed by atoms with Crippen LogP contribution >= 0.6 is 0 Å². The quantitative estimate of drug-likeness (QED) is 0.649. The second-order valence-corrected chi connectivity index (χ2v) is 4.30. The van der Waals surface area contributed by atoms with Crippen molar-refractivity contribution in [1.29, 1.82) is 0 Å². The molecule has 0 aromatic heterocycles. The van der Waals surface area contributed by atoms with Crippen molar-refractivity contribution in [3.8, 4) is 0 Å². The van der Waals surface area contributed by atoms with Gasteiger partial charge in [-0.05, 0) is 25.8 Å².